The molecule has 2 aromatic carbocycles. The summed E-state index contributed by atoms with van der Waals surface area (Å²) < 4.78 is 0. The molecule has 4 rings (SSSR count). The van der Waals surface area contributed by atoms with Gasteiger partial charge in [-0.1, -0.05) is 41.9 Å². The summed E-state index contributed by atoms with van der Waals surface area (Å²) >= 11 is 6.10. The molecule has 5 nitrogen and oxygen atoms in total. The van der Waals surface area contributed by atoms with Crippen molar-refractivity contribution in [3.8, 4) is 0 Å². The number of anilines is 3. The van der Waals surface area contributed by atoms with Crippen LogP contribution in [0.4, 0.5) is 17.1 Å². The number of pyridine rings is 2. The van der Waals surface area contributed by atoms with Crippen LogP contribution in [0.15, 0.2) is 79.3 Å². The Morgan fingerprint density at radius 1 is 0.926 bits per heavy atom. The van der Waals surface area contributed by atoms with Crippen LogP contribution in [0.2, 0.25) is 5.02 Å². The Labute approximate surface area is 161 Å². The first-order valence-electron chi connectivity index (χ1n) is 8.32. The molecular formula is C21H15ClN4O. The largest absolute Gasteiger partial charge is 0.352 e. The molecule has 1 amide bonds. The van der Waals surface area contributed by atoms with Gasteiger partial charge < -0.3 is 10.6 Å². The summed E-state index contributed by atoms with van der Waals surface area (Å²) in [7, 11) is 0. The number of carbonyl (C=O) groups excluding carboxylic acids is 1. The molecule has 0 bridgehead atoms. The molecular weight excluding hydrogens is 360 g/mol. The number of hydrogen-bond donors (Lipinski definition) is 2. The second-order valence-electron chi connectivity index (χ2n) is 5.90. The maximum absolute atomic E-state index is 12.5. The third-order valence-corrected chi connectivity index (χ3v) is 4.36. The summed E-state index contributed by atoms with van der Waals surface area (Å²) in [5.41, 5.74) is 3.37. The van der Waals surface area contributed by atoms with Crippen molar-refractivity contribution in [3.63, 3.8) is 0 Å². The van der Waals surface area contributed by atoms with Crippen LogP contribution in [0, 0.1) is 0 Å². The Morgan fingerprint density at radius 3 is 2.63 bits per heavy atom. The maximum atomic E-state index is 12.5. The molecule has 2 N–H and O–H groups in total. The van der Waals surface area contributed by atoms with E-state index in [1.807, 2.05) is 42.5 Å². The van der Waals surface area contributed by atoms with Gasteiger partial charge in [0.2, 0.25) is 0 Å². The van der Waals surface area contributed by atoms with Gasteiger partial charge in [-0.15, -0.1) is 0 Å². The summed E-state index contributed by atoms with van der Waals surface area (Å²) in [5.74, 6) is -0.282. The minimum atomic E-state index is -0.282. The molecule has 2 heterocycles. The number of aromatic nitrogens is 2. The third-order valence-electron chi connectivity index (χ3n) is 4.03. The average molecular weight is 375 g/mol. The number of nitrogens with one attached hydrogen (secondary N) is 2. The van der Waals surface area contributed by atoms with Gasteiger partial charge in [-0.3, -0.25) is 14.8 Å². The highest BCUT2D eigenvalue weighted by atomic mass is 35.5. The molecule has 0 spiro atoms. The zero-order valence-corrected chi connectivity index (χ0v) is 14.9. The Kier molecular flexibility index (Phi) is 4.68. The molecule has 132 valence electrons. The van der Waals surface area contributed by atoms with Gasteiger partial charge in [-0.05, 0) is 30.3 Å². The Bertz CT molecular complexity index is 1120. The van der Waals surface area contributed by atoms with Crippen molar-refractivity contribution in [3.05, 3.63) is 89.8 Å². The van der Waals surface area contributed by atoms with Gasteiger partial charge in [0.1, 0.15) is 0 Å². The summed E-state index contributed by atoms with van der Waals surface area (Å²) in [6.07, 6.45) is 4.92. The molecule has 0 radical (unpaired) electrons. The van der Waals surface area contributed by atoms with Crippen LogP contribution in [0.5, 0.6) is 0 Å². The lowest BCUT2D eigenvalue weighted by atomic mass is 10.2. The highest BCUT2D eigenvalue weighted by molar-refractivity contribution is 6.33. The van der Waals surface area contributed by atoms with E-state index < -0.39 is 0 Å². The van der Waals surface area contributed by atoms with Crippen molar-refractivity contribution in [2.45, 2.75) is 0 Å². The second kappa shape index (κ2) is 7.43. The zero-order chi connectivity index (χ0) is 18.6. The summed E-state index contributed by atoms with van der Waals surface area (Å²) in [5, 5.41) is 7.59. The number of rotatable bonds is 4. The van der Waals surface area contributed by atoms with E-state index in [0.29, 0.717) is 22.0 Å². The molecule has 0 aliphatic rings. The van der Waals surface area contributed by atoms with Gasteiger partial charge >= 0.3 is 0 Å². The molecule has 4 aromatic rings. The van der Waals surface area contributed by atoms with Gasteiger partial charge in [0.15, 0.2) is 0 Å². The van der Waals surface area contributed by atoms with Crippen molar-refractivity contribution in [1.29, 1.82) is 0 Å². The van der Waals surface area contributed by atoms with E-state index in [0.717, 1.165) is 16.6 Å². The number of halogens is 1. The van der Waals surface area contributed by atoms with Gasteiger partial charge in [0.25, 0.3) is 5.91 Å². The highest BCUT2D eigenvalue weighted by Gasteiger charge is 2.10. The summed E-state index contributed by atoms with van der Waals surface area (Å²) in [6.45, 7) is 0. The quantitative estimate of drug-likeness (QED) is 0.510. The lowest BCUT2D eigenvalue weighted by molar-refractivity contribution is 0.102. The number of fused-ring (bicyclic) bond motifs is 1. The van der Waals surface area contributed by atoms with Crippen molar-refractivity contribution >= 4 is 45.5 Å². The topological polar surface area (TPSA) is 66.9 Å². The highest BCUT2D eigenvalue weighted by Crippen LogP contribution is 2.25. The van der Waals surface area contributed by atoms with E-state index >= 15 is 0 Å². The zero-order valence-electron chi connectivity index (χ0n) is 14.2. The fourth-order valence-corrected chi connectivity index (χ4v) is 2.93. The summed E-state index contributed by atoms with van der Waals surface area (Å²) in [4.78, 5) is 21.1. The van der Waals surface area contributed by atoms with Gasteiger partial charge in [0, 0.05) is 17.8 Å². The molecule has 0 aliphatic carbocycles. The first-order chi connectivity index (χ1) is 13.2. The lowest BCUT2D eigenvalue weighted by Crippen LogP contribution is -2.12. The van der Waals surface area contributed by atoms with E-state index in [2.05, 4.69) is 20.6 Å². The van der Waals surface area contributed by atoms with Gasteiger partial charge in [-0.2, -0.15) is 0 Å². The Hall–Kier alpha value is -3.44. The van der Waals surface area contributed by atoms with Crippen LogP contribution < -0.4 is 10.6 Å². The number of amides is 1. The van der Waals surface area contributed by atoms with Crippen molar-refractivity contribution in [2.75, 3.05) is 10.6 Å². The Morgan fingerprint density at radius 2 is 1.74 bits per heavy atom. The van der Waals surface area contributed by atoms with E-state index in [1.165, 1.54) is 6.20 Å². The molecule has 0 unspecified atom stereocenters. The predicted molar refractivity (Wildman–Crippen MR) is 109 cm³/mol. The first-order valence-corrected chi connectivity index (χ1v) is 8.70. The predicted octanol–water partition coefficient (Wildman–Crippen LogP) is 5.28. The van der Waals surface area contributed by atoms with Crippen LogP contribution in [0.25, 0.3) is 10.9 Å². The normalized spacial score (nSPS) is 10.6. The fraction of sp³-hybridized carbons (Fsp3) is 0. The maximum Gasteiger partial charge on any atom is 0.257 e. The second-order valence-corrected chi connectivity index (χ2v) is 6.31. The smallest absolute Gasteiger partial charge is 0.257 e. The Balaban J connectivity index is 1.59. The summed E-state index contributed by atoms with van der Waals surface area (Å²) in [6, 6.07) is 18.6. The monoisotopic (exact) mass is 374 g/mol. The molecule has 0 saturated carbocycles. The van der Waals surface area contributed by atoms with Crippen molar-refractivity contribution in [1.82, 2.24) is 9.97 Å². The minimum absolute atomic E-state index is 0.282. The van der Waals surface area contributed by atoms with E-state index in [9.17, 15) is 4.79 Å². The molecule has 6 heteroatoms. The molecule has 0 fully saturated rings. The number of carbonyl (C=O) groups is 1. The average Bonchev–Trinajstić information content (AvgIpc) is 2.70. The third kappa shape index (κ3) is 3.73. The standard InChI is InChI=1S/C21H15ClN4O/c22-17-7-1-2-8-18(17)26-21(27)15-11-16(13-23-12-15)25-19-9-3-5-14-6-4-10-24-20(14)19/h1-13,25H,(H,26,27). The van der Waals surface area contributed by atoms with E-state index in [-0.39, 0.29) is 5.91 Å². The van der Waals surface area contributed by atoms with Gasteiger partial charge in [0.05, 0.1) is 39.4 Å². The number of nitrogens with zero attached hydrogens (tertiary/aromatic N) is 2. The number of benzene rings is 2. The van der Waals surface area contributed by atoms with Crippen LogP contribution in [-0.4, -0.2) is 15.9 Å². The van der Waals surface area contributed by atoms with Crippen LogP contribution in [0.1, 0.15) is 10.4 Å². The molecule has 27 heavy (non-hydrogen) atoms. The molecule has 0 saturated heterocycles. The van der Waals surface area contributed by atoms with Crippen molar-refractivity contribution < 1.29 is 4.79 Å². The minimum Gasteiger partial charge on any atom is -0.352 e. The number of hydrogen-bond acceptors (Lipinski definition) is 4. The number of para-hydroxylation sites is 2. The van der Waals surface area contributed by atoms with Crippen LogP contribution in [-0.2, 0) is 0 Å². The van der Waals surface area contributed by atoms with E-state index in [1.54, 1.807) is 30.6 Å². The van der Waals surface area contributed by atoms with E-state index in [4.69, 9.17) is 11.6 Å². The molecule has 2 aromatic heterocycles. The van der Waals surface area contributed by atoms with Crippen molar-refractivity contribution in [2.24, 2.45) is 0 Å². The van der Waals surface area contributed by atoms with Crippen LogP contribution >= 0.6 is 11.6 Å². The van der Waals surface area contributed by atoms with Gasteiger partial charge in [-0.25, -0.2) is 0 Å². The fourth-order valence-electron chi connectivity index (χ4n) is 2.75. The SMILES string of the molecule is O=C(Nc1ccccc1Cl)c1cncc(Nc2cccc3cccnc23)c1. The van der Waals surface area contributed by atoms with Crippen LogP contribution in [0.3, 0.4) is 0 Å². The molecule has 0 atom stereocenters. The molecule has 0 aliphatic heterocycles. The first kappa shape index (κ1) is 17.0. The lowest BCUT2D eigenvalue weighted by Gasteiger charge is -2.11.